The highest BCUT2D eigenvalue weighted by molar-refractivity contribution is 6.11. The molecule has 0 saturated carbocycles. The lowest BCUT2D eigenvalue weighted by atomic mass is 9.97. The maximum atomic E-state index is 10.3. The van der Waals surface area contributed by atoms with Gasteiger partial charge in [0.2, 0.25) is 0 Å². The second-order valence-electron chi connectivity index (χ2n) is 12.4. The quantitative estimate of drug-likeness (QED) is 0.189. The summed E-state index contributed by atoms with van der Waals surface area (Å²) in [6.07, 6.45) is 0. The molecule has 0 bridgehead atoms. The molecule has 8 aromatic rings. The van der Waals surface area contributed by atoms with E-state index in [4.69, 9.17) is 6.57 Å². The van der Waals surface area contributed by atoms with Gasteiger partial charge in [0, 0.05) is 32.9 Å². The third-order valence-corrected chi connectivity index (χ3v) is 9.18. The molecular weight excluding hydrogens is 560 g/mol. The number of benzene rings is 6. The van der Waals surface area contributed by atoms with Gasteiger partial charge in [-0.25, -0.2) is 4.85 Å². The van der Waals surface area contributed by atoms with E-state index in [1.807, 2.05) is 24.3 Å². The molecule has 46 heavy (non-hydrogen) atoms. The molecule has 6 aromatic carbocycles. The van der Waals surface area contributed by atoms with Crippen molar-refractivity contribution < 1.29 is 0 Å². The number of aromatic nitrogens is 2. The molecule has 0 aliphatic rings. The van der Waals surface area contributed by atoms with Gasteiger partial charge in [-0.05, 0) is 118 Å². The largest absolute Gasteiger partial charge is 0.309 e. The van der Waals surface area contributed by atoms with Crippen LogP contribution < -0.4 is 0 Å². The topological polar surface area (TPSA) is 38.0 Å². The summed E-state index contributed by atoms with van der Waals surface area (Å²) < 4.78 is 4.54. The van der Waals surface area contributed by atoms with Crippen LogP contribution in [0.15, 0.2) is 109 Å². The molecule has 2 heterocycles. The van der Waals surface area contributed by atoms with Gasteiger partial charge in [-0.1, -0.05) is 52.6 Å². The molecule has 0 atom stereocenters. The van der Waals surface area contributed by atoms with Crippen molar-refractivity contribution in [2.45, 2.75) is 27.7 Å². The average molecular weight is 591 g/mol. The maximum Gasteiger partial charge on any atom is 0.195 e. The first-order valence-corrected chi connectivity index (χ1v) is 15.4. The first-order valence-electron chi connectivity index (χ1n) is 15.4. The van der Waals surface area contributed by atoms with E-state index < -0.39 is 0 Å². The molecule has 4 nitrogen and oxygen atoms in total. The van der Waals surface area contributed by atoms with Crippen LogP contribution in [-0.4, -0.2) is 9.13 Å². The number of aryl methyl sites for hydroxylation is 4. The molecule has 8 rings (SSSR count). The van der Waals surface area contributed by atoms with E-state index in [9.17, 15) is 5.26 Å². The number of hydrogen-bond donors (Lipinski definition) is 0. The Morgan fingerprint density at radius 1 is 0.500 bits per heavy atom. The molecule has 4 heteroatoms. The minimum Gasteiger partial charge on any atom is -0.309 e. The van der Waals surface area contributed by atoms with Crippen LogP contribution in [0.2, 0.25) is 0 Å². The summed E-state index contributed by atoms with van der Waals surface area (Å²) >= 11 is 0. The van der Waals surface area contributed by atoms with Gasteiger partial charge in [0.25, 0.3) is 0 Å². The van der Waals surface area contributed by atoms with Gasteiger partial charge in [0.05, 0.1) is 40.3 Å². The van der Waals surface area contributed by atoms with E-state index in [-0.39, 0.29) is 0 Å². The molecule has 2 aromatic heterocycles. The van der Waals surface area contributed by atoms with Gasteiger partial charge in [-0.3, -0.25) is 0 Å². The number of rotatable bonds is 3. The summed E-state index contributed by atoms with van der Waals surface area (Å²) in [5.41, 5.74) is 13.7. The number of nitriles is 1. The van der Waals surface area contributed by atoms with Crippen LogP contribution in [0.3, 0.4) is 0 Å². The Labute approximate surface area is 267 Å². The zero-order valence-electron chi connectivity index (χ0n) is 26.2. The second kappa shape index (κ2) is 10.2. The van der Waals surface area contributed by atoms with Crippen LogP contribution in [0.4, 0.5) is 5.69 Å². The number of hydrogen-bond acceptors (Lipinski definition) is 1. The van der Waals surface area contributed by atoms with Crippen LogP contribution >= 0.6 is 0 Å². The number of fused-ring (bicyclic) bond motifs is 6. The van der Waals surface area contributed by atoms with E-state index in [2.05, 4.69) is 133 Å². The highest BCUT2D eigenvalue weighted by atomic mass is 15.0. The Morgan fingerprint density at radius 2 is 0.891 bits per heavy atom. The zero-order chi connectivity index (χ0) is 31.7. The van der Waals surface area contributed by atoms with Crippen molar-refractivity contribution in [1.82, 2.24) is 9.13 Å². The van der Waals surface area contributed by atoms with Crippen molar-refractivity contribution in [3.8, 4) is 28.6 Å². The normalized spacial score (nSPS) is 11.4. The summed E-state index contributed by atoms with van der Waals surface area (Å²) in [6, 6.07) is 40.6. The van der Waals surface area contributed by atoms with E-state index in [1.165, 1.54) is 43.8 Å². The van der Waals surface area contributed by atoms with Crippen molar-refractivity contribution in [3.05, 3.63) is 148 Å². The first-order chi connectivity index (χ1) is 22.3. The fourth-order valence-corrected chi connectivity index (χ4v) is 7.03. The van der Waals surface area contributed by atoms with Crippen LogP contribution in [0.25, 0.3) is 71.0 Å². The monoisotopic (exact) mass is 590 g/mol. The molecule has 0 spiro atoms. The predicted molar refractivity (Wildman–Crippen MR) is 190 cm³/mol. The Hall–Kier alpha value is -6.10. The third kappa shape index (κ3) is 4.12. The van der Waals surface area contributed by atoms with Crippen molar-refractivity contribution in [3.63, 3.8) is 0 Å². The van der Waals surface area contributed by atoms with E-state index >= 15 is 0 Å². The molecule has 218 valence electrons. The lowest BCUT2D eigenvalue weighted by Crippen LogP contribution is -1.98. The highest BCUT2D eigenvalue weighted by Crippen LogP contribution is 2.40. The van der Waals surface area contributed by atoms with Gasteiger partial charge < -0.3 is 9.13 Å². The van der Waals surface area contributed by atoms with Gasteiger partial charge in [0.15, 0.2) is 5.69 Å². The van der Waals surface area contributed by atoms with E-state index in [0.29, 0.717) is 11.3 Å². The average Bonchev–Trinajstić information content (AvgIpc) is 3.55. The molecule has 0 radical (unpaired) electrons. The molecule has 0 amide bonds. The summed E-state index contributed by atoms with van der Waals surface area (Å²) in [6.45, 7) is 16.6. The highest BCUT2D eigenvalue weighted by Gasteiger charge is 2.19. The first kappa shape index (κ1) is 27.4. The lowest BCUT2D eigenvalue weighted by Gasteiger charge is -2.15. The van der Waals surface area contributed by atoms with Gasteiger partial charge in [-0.15, -0.1) is 0 Å². The third-order valence-electron chi connectivity index (χ3n) is 9.18. The van der Waals surface area contributed by atoms with Crippen LogP contribution in [0.1, 0.15) is 27.8 Å². The van der Waals surface area contributed by atoms with Crippen LogP contribution in [-0.2, 0) is 0 Å². The predicted octanol–water partition coefficient (Wildman–Crippen LogP) is 11.2. The summed E-state index contributed by atoms with van der Waals surface area (Å²) in [5, 5.41) is 15.1. The van der Waals surface area contributed by atoms with Crippen LogP contribution in [0, 0.1) is 45.6 Å². The minimum absolute atomic E-state index is 0.512. The summed E-state index contributed by atoms with van der Waals surface area (Å²) in [7, 11) is 0. The zero-order valence-corrected chi connectivity index (χ0v) is 26.2. The van der Waals surface area contributed by atoms with Crippen molar-refractivity contribution in [2.24, 2.45) is 0 Å². The molecular formula is C42H30N4. The number of nitrogens with zero attached hydrogens (tertiary/aromatic N) is 4. The van der Waals surface area contributed by atoms with Gasteiger partial charge in [0.1, 0.15) is 0 Å². The lowest BCUT2D eigenvalue weighted by molar-refractivity contribution is 1.17. The summed E-state index contributed by atoms with van der Waals surface area (Å²) in [5.74, 6) is 0. The minimum atomic E-state index is 0.512. The van der Waals surface area contributed by atoms with Crippen molar-refractivity contribution in [2.75, 3.05) is 0 Å². The Bertz CT molecular complexity index is 2350. The SMILES string of the molecule is [C-]#[N+]c1ccc(-n2c3ccc(C)cc3c3cc(C)ccc32)cc1-c1cc(-n2c3ccc(C)cc3c3cc(C)ccc32)ccc1C#N. The molecule has 0 N–H and O–H groups in total. The van der Waals surface area contributed by atoms with Gasteiger partial charge >= 0.3 is 0 Å². The maximum absolute atomic E-state index is 10.3. The fourth-order valence-electron chi connectivity index (χ4n) is 7.03. The molecule has 0 saturated heterocycles. The van der Waals surface area contributed by atoms with Crippen molar-refractivity contribution >= 4 is 49.3 Å². The summed E-state index contributed by atoms with van der Waals surface area (Å²) in [4.78, 5) is 3.93. The standard InChI is InChI=1S/C42H30N4/c1-25-6-14-39-34(18-25)35-19-26(2)7-15-40(35)45(39)30-11-10-29(24-43)32(22-30)33-23-31(12-13-38(33)44-5)46-41-16-8-27(3)20-36(41)37-21-28(4)9-17-42(37)46/h6-23H,1-4H3. The Balaban J connectivity index is 1.40. The molecule has 0 unspecified atom stereocenters. The fraction of sp³-hybridized carbons (Fsp3) is 0.0952. The van der Waals surface area contributed by atoms with E-state index in [0.717, 1.165) is 44.6 Å². The Kier molecular flexibility index (Phi) is 6.11. The molecule has 0 aliphatic carbocycles. The molecule has 0 fully saturated rings. The van der Waals surface area contributed by atoms with Gasteiger partial charge in [-0.2, -0.15) is 5.26 Å². The second-order valence-corrected chi connectivity index (χ2v) is 12.4. The smallest absolute Gasteiger partial charge is 0.195 e. The van der Waals surface area contributed by atoms with Crippen LogP contribution in [0.5, 0.6) is 0 Å². The molecule has 0 aliphatic heterocycles. The van der Waals surface area contributed by atoms with Crippen molar-refractivity contribution in [1.29, 1.82) is 5.26 Å². The Morgan fingerprint density at radius 3 is 1.28 bits per heavy atom. The van der Waals surface area contributed by atoms with E-state index in [1.54, 1.807) is 0 Å².